The predicted molar refractivity (Wildman–Crippen MR) is 115 cm³/mol. The summed E-state index contributed by atoms with van der Waals surface area (Å²) < 4.78 is 22.3. The number of methoxy groups -OCH3 is 1. The number of rotatable bonds is 5. The van der Waals surface area contributed by atoms with E-state index in [1.165, 1.54) is 6.08 Å². The van der Waals surface area contributed by atoms with Crippen LogP contribution in [0.15, 0.2) is 54.1 Å². The molecule has 0 N–H and O–H groups in total. The van der Waals surface area contributed by atoms with E-state index in [1.54, 1.807) is 13.2 Å². The first-order chi connectivity index (χ1) is 14.9. The SMILES string of the molecule is C=C1C(=O)O[C@H]2[C@H]1CC/C(COC(=O)/C=C/c1ccccc1OC)=C\CC[C@@]1(C)O[C@@H]21. The summed E-state index contributed by atoms with van der Waals surface area (Å²) in [5, 5.41) is 0. The molecule has 6 nitrogen and oxygen atoms in total. The van der Waals surface area contributed by atoms with E-state index < -0.39 is 5.97 Å². The Kier molecular flexibility index (Phi) is 6.01. The molecule has 31 heavy (non-hydrogen) atoms. The van der Waals surface area contributed by atoms with Crippen molar-refractivity contribution < 1.29 is 28.5 Å². The zero-order valence-electron chi connectivity index (χ0n) is 18.0. The molecule has 0 amide bonds. The summed E-state index contributed by atoms with van der Waals surface area (Å²) in [4.78, 5) is 24.3. The van der Waals surface area contributed by atoms with Gasteiger partial charge in [0.2, 0.25) is 0 Å². The molecular formula is C25H28O6. The fraction of sp³-hybridized carbons (Fsp3) is 0.440. The van der Waals surface area contributed by atoms with Gasteiger partial charge >= 0.3 is 11.9 Å². The normalized spacial score (nSPS) is 31.8. The molecule has 2 saturated heterocycles. The molecule has 0 unspecified atom stereocenters. The summed E-state index contributed by atoms with van der Waals surface area (Å²) >= 11 is 0. The zero-order chi connectivity index (χ0) is 22.0. The fourth-order valence-corrected chi connectivity index (χ4v) is 4.42. The van der Waals surface area contributed by atoms with Gasteiger partial charge in [0.1, 0.15) is 24.6 Å². The number of benzene rings is 1. The van der Waals surface area contributed by atoms with Crippen molar-refractivity contribution in [1.82, 2.24) is 0 Å². The molecule has 2 fully saturated rings. The maximum atomic E-state index is 12.2. The number of hydrogen-bond acceptors (Lipinski definition) is 6. The highest BCUT2D eigenvalue weighted by atomic mass is 16.6. The maximum Gasteiger partial charge on any atom is 0.334 e. The van der Waals surface area contributed by atoms with Gasteiger partial charge in [0.15, 0.2) is 0 Å². The van der Waals surface area contributed by atoms with E-state index in [-0.39, 0.29) is 36.3 Å². The molecule has 2 heterocycles. The Balaban J connectivity index is 1.38. The molecule has 0 spiro atoms. The summed E-state index contributed by atoms with van der Waals surface area (Å²) in [6.45, 7) is 6.21. The highest BCUT2D eigenvalue weighted by Gasteiger charge is 2.61. The summed E-state index contributed by atoms with van der Waals surface area (Å²) in [5.41, 5.74) is 2.08. The summed E-state index contributed by atoms with van der Waals surface area (Å²) in [6.07, 6.45) is 7.97. The summed E-state index contributed by atoms with van der Waals surface area (Å²) in [6, 6.07) is 7.46. The first-order valence-electron chi connectivity index (χ1n) is 10.6. The van der Waals surface area contributed by atoms with Gasteiger partial charge in [-0.2, -0.15) is 0 Å². The second-order valence-corrected chi connectivity index (χ2v) is 8.48. The van der Waals surface area contributed by atoms with Gasteiger partial charge in [-0.3, -0.25) is 0 Å². The van der Waals surface area contributed by atoms with Crippen molar-refractivity contribution in [2.45, 2.75) is 50.4 Å². The Bertz CT molecular complexity index is 945. The molecule has 3 aliphatic rings. The van der Waals surface area contributed by atoms with Crippen molar-refractivity contribution in [1.29, 1.82) is 0 Å². The number of hydrogen-bond donors (Lipinski definition) is 0. The van der Waals surface area contributed by atoms with Gasteiger partial charge in [-0.25, -0.2) is 9.59 Å². The first kappa shape index (κ1) is 21.4. The maximum absolute atomic E-state index is 12.2. The Labute approximate surface area is 182 Å². The molecule has 0 saturated carbocycles. The quantitative estimate of drug-likeness (QED) is 0.308. The van der Waals surface area contributed by atoms with Crippen molar-refractivity contribution in [2.24, 2.45) is 5.92 Å². The number of epoxide rings is 1. The third-order valence-electron chi connectivity index (χ3n) is 6.38. The lowest BCUT2D eigenvalue weighted by atomic mass is 9.84. The third-order valence-corrected chi connectivity index (χ3v) is 6.38. The average Bonchev–Trinajstić information content (AvgIpc) is 3.36. The number of ether oxygens (including phenoxy) is 4. The molecule has 164 valence electrons. The Hall–Kier alpha value is -2.86. The number of allylic oxidation sites excluding steroid dienone is 1. The van der Waals surface area contributed by atoms with Crippen LogP contribution in [-0.2, 0) is 23.8 Å². The number of para-hydroxylation sites is 1. The van der Waals surface area contributed by atoms with Gasteiger partial charge in [-0.1, -0.05) is 30.9 Å². The molecule has 6 heteroatoms. The van der Waals surface area contributed by atoms with Gasteiger partial charge in [0, 0.05) is 23.1 Å². The number of carbonyl (C=O) groups excluding carboxylic acids is 2. The smallest absolute Gasteiger partial charge is 0.334 e. The lowest BCUT2D eigenvalue weighted by Gasteiger charge is -2.20. The molecule has 1 aromatic carbocycles. The van der Waals surface area contributed by atoms with Gasteiger partial charge in [0.05, 0.1) is 12.7 Å². The fourth-order valence-electron chi connectivity index (χ4n) is 4.42. The van der Waals surface area contributed by atoms with Crippen molar-refractivity contribution in [3.05, 3.63) is 59.7 Å². The topological polar surface area (TPSA) is 74.4 Å². The van der Waals surface area contributed by atoms with E-state index in [0.29, 0.717) is 24.2 Å². The van der Waals surface area contributed by atoms with Crippen LogP contribution in [0, 0.1) is 5.92 Å². The molecule has 0 bridgehead atoms. The van der Waals surface area contributed by atoms with Crippen molar-refractivity contribution >= 4 is 18.0 Å². The van der Waals surface area contributed by atoms with E-state index >= 15 is 0 Å². The molecule has 1 aliphatic carbocycles. The minimum Gasteiger partial charge on any atom is -0.496 e. The van der Waals surface area contributed by atoms with Crippen LogP contribution in [0.5, 0.6) is 5.75 Å². The molecule has 2 aliphatic heterocycles. The number of esters is 2. The van der Waals surface area contributed by atoms with Crippen molar-refractivity contribution in [2.75, 3.05) is 13.7 Å². The standard InChI is InChI=1S/C25H28O6/c1-16-19-12-10-17(7-6-14-25(2)23(31-25)22(19)30-24(16)27)15-29-21(26)13-11-18-8-4-5-9-20(18)28-3/h4-5,7-9,11,13,19,22-23H,1,6,10,12,14-15H2,2-3H3/b13-11+,17-7+/t19-,22-,23-,25+/m0/s1. The van der Waals surface area contributed by atoms with Gasteiger partial charge in [-0.15, -0.1) is 0 Å². The first-order valence-corrected chi connectivity index (χ1v) is 10.6. The molecule has 1 aromatic rings. The Morgan fingerprint density at radius 1 is 1.35 bits per heavy atom. The molecule has 0 radical (unpaired) electrons. The summed E-state index contributed by atoms with van der Waals surface area (Å²) in [7, 11) is 1.59. The van der Waals surface area contributed by atoms with Gasteiger partial charge < -0.3 is 18.9 Å². The van der Waals surface area contributed by atoms with Crippen molar-refractivity contribution in [3.63, 3.8) is 0 Å². The van der Waals surface area contributed by atoms with E-state index in [2.05, 4.69) is 19.6 Å². The molecule has 4 rings (SSSR count). The van der Waals surface area contributed by atoms with Crippen LogP contribution in [0.3, 0.4) is 0 Å². The second kappa shape index (κ2) is 8.71. The van der Waals surface area contributed by atoms with Gasteiger partial charge in [0.25, 0.3) is 0 Å². The summed E-state index contributed by atoms with van der Waals surface area (Å²) in [5.74, 6) is -0.116. The minimum absolute atomic E-state index is 0.0615. The number of fused-ring (bicyclic) bond motifs is 3. The van der Waals surface area contributed by atoms with Crippen LogP contribution in [0.25, 0.3) is 6.08 Å². The van der Waals surface area contributed by atoms with Crippen LogP contribution in [0.1, 0.15) is 38.2 Å². The average molecular weight is 424 g/mol. The second-order valence-electron chi connectivity index (χ2n) is 8.48. The highest BCUT2D eigenvalue weighted by Crippen LogP contribution is 2.49. The lowest BCUT2D eigenvalue weighted by Crippen LogP contribution is -2.29. The van der Waals surface area contributed by atoms with Crippen LogP contribution >= 0.6 is 0 Å². The molecule has 4 atom stereocenters. The van der Waals surface area contributed by atoms with Gasteiger partial charge in [-0.05, 0) is 50.3 Å². The zero-order valence-corrected chi connectivity index (χ0v) is 18.0. The minimum atomic E-state index is -0.414. The van der Waals surface area contributed by atoms with E-state index in [1.807, 2.05) is 24.3 Å². The van der Waals surface area contributed by atoms with Crippen LogP contribution in [0.4, 0.5) is 0 Å². The van der Waals surface area contributed by atoms with E-state index in [4.69, 9.17) is 18.9 Å². The monoisotopic (exact) mass is 424 g/mol. The highest BCUT2D eigenvalue weighted by molar-refractivity contribution is 5.91. The van der Waals surface area contributed by atoms with Crippen LogP contribution in [0.2, 0.25) is 0 Å². The molecular weight excluding hydrogens is 396 g/mol. The predicted octanol–water partition coefficient (Wildman–Crippen LogP) is 4.01. The van der Waals surface area contributed by atoms with Crippen molar-refractivity contribution in [3.8, 4) is 5.75 Å². The Morgan fingerprint density at radius 2 is 2.16 bits per heavy atom. The largest absolute Gasteiger partial charge is 0.496 e. The lowest BCUT2D eigenvalue weighted by molar-refractivity contribution is -0.140. The van der Waals surface area contributed by atoms with E-state index in [9.17, 15) is 9.59 Å². The third kappa shape index (κ3) is 4.59. The molecule has 0 aromatic heterocycles. The number of carbonyl (C=O) groups is 2. The van der Waals surface area contributed by atoms with Crippen LogP contribution < -0.4 is 4.74 Å². The van der Waals surface area contributed by atoms with Crippen LogP contribution in [-0.4, -0.2) is 43.5 Å². The van der Waals surface area contributed by atoms with E-state index in [0.717, 1.165) is 24.0 Å². The Morgan fingerprint density at radius 3 is 2.97 bits per heavy atom.